The van der Waals surface area contributed by atoms with Crippen LogP contribution >= 0.6 is 0 Å². The van der Waals surface area contributed by atoms with Crippen LogP contribution in [0.3, 0.4) is 0 Å². The van der Waals surface area contributed by atoms with Gasteiger partial charge < -0.3 is 10.6 Å². The standard InChI is InChI=1S/C14H14F3N5O/c15-14(16,17)9-3-1-2-8(6-9)11(12-18-7-19-22-12)21-13(23)20-10-4-5-10/h1-3,6-7,10-11H,4-5H2,(H,18,19,22)(H2,20,21,23)/t11-/m1/s1. The van der Waals surface area contributed by atoms with E-state index in [0.29, 0.717) is 0 Å². The Labute approximate surface area is 129 Å². The van der Waals surface area contributed by atoms with Gasteiger partial charge in [-0.25, -0.2) is 9.78 Å². The number of alkyl halides is 3. The summed E-state index contributed by atoms with van der Waals surface area (Å²) in [7, 11) is 0. The molecule has 122 valence electrons. The van der Waals surface area contributed by atoms with Crippen LogP contribution in [0.4, 0.5) is 18.0 Å². The minimum atomic E-state index is -4.46. The second-order valence-electron chi connectivity index (χ2n) is 5.32. The molecule has 1 aromatic heterocycles. The van der Waals surface area contributed by atoms with Crippen LogP contribution < -0.4 is 10.6 Å². The smallest absolute Gasteiger partial charge is 0.335 e. The Morgan fingerprint density at radius 3 is 2.74 bits per heavy atom. The van der Waals surface area contributed by atoms with Gasteiger partial charge in [0.1, 0.15) is 12.4 Å². The SMILES string of the molecule is O=C(NC1CC1)N[C@H](c1cccc(C(F)(F)F)c1)c1ncn[nH]1. The van der Waals surface area contributed by atoms with Crippen molar-refractivity contribution in [2.24, 2.45) is 0 Å². The monoisotopic (exact) mass is 325 g/mol. The molecule has 2 aromatic rings. The van der Waals surface area contributed by atoms with Crippen molar-refractivity contribution in [2.75, 3.05) is 0 Å². The molecule has 0 saturated heterocycles. The Morgan fingerprint density at radius 1 is 1.35 bits per heavy atom. The van der Waals surface area contributed by atoms with Crippen molar-refractivity contribution in [1.82, 2.24) is 25.8 Å². The molecule has 1 atom stereocenters. The zero-order valence-electron chi connectivity index (χ0n) is 11.9. The van der Waals surface area contributed by atoms with Crippen molar-refractivity contribution in [2.45, 2.75) is 31.1 Å². The first-order valence-electron chi connectivity index (χ1n) is 7.03. The third-order valence-corrected chi connectivity index (χ3v) is 3.44. The van der Waals surface area contributed by atoms with Crippen LogP contribution in [0, 0.1) is 0 Å². The highest BCUT2D eigenvalue weighted by atomic mass is 19.4. The van der Waals surface area contributed by atoms with Gasteiger partial charge in [-0.05, 0) is 30.5 Å². The lowest BCUT2D eigenvalue weighted by Crippen LogP contribution is -2.39. The molecule has 0 bridgehead atoms. The fraction of sp³-hybridized carbons (Fsp3) is 0.357. The number of aromatic nitrogens is 3. The molecule has 9 heteroatoms. The number of urea groups is 1. The highest BCUT2D eigenvalue weighted by molar-refractivity contribution is 5.75. The van der Waals surface area contributed by atoms with Gasteiger partial charge in [0.05, 0.1) is 5.56 Å². The van der Waals surface area contributed by atoms with Gasteiger partial charge in [0.2, 0.25) is 0 Å². The van der Waals surface area contributed by atoms with E-state index in [0.717, 1.165) is 25.0 Å². The molecule has 3 N–H and O–H groups in total. The Bertz CT molecular complexity index is 682. The van der Waals surface area contributed by atoms with Crippen LogP contribution in [0.5, 0.6) is 0 Å². The Kier molecular flexibility index (Phi) is 3.93. The number of carbonyl (C=O) groups excluding carboxylic acids is 1. The molecule has 2 amide bonds. The van der Waals surface area contributed by atoms with E-state index < -0.39 is 23.8 Å². The molecule has 1 heterocycles. The number of halogens is 3. The predicted octanol–water partition coefficient (Wildman–Crippen LogP) is 2.37. The fourth-order valence-corrected chi connectivity index (χ4v) is 2.14. The Balaban J connectivity index is 1.87. The van der Waals surface area contributed by atoms with Crippen molar-refractivity contribution in [3.8, 4) is 0 Å². The molecule has 23 heavy (non-hydrogen) atoms. The summed E-state index contributed by atoms with van der Waals surface area (Å²) in [6, 6.07) is 3.59. The number of rotatable bonds is 4. The predicted molar refractivity (Wildman–Crippen MR) is 74.4 cm³/mol. The van der Waals surface area contributed by atoms with Gasteiger partial charge in [0.25, 0.3) is 0 Å². The van der Waals surface area contributed by atoms with Crippen LogP contribution in [0.15, 0.2) is 30.6 Å². The summed E-state index contributed by atoms with van der Waals surface area (Å²) in [5, 5.41) is 11.6. The molecule has 1 fully saturated rings. The lowest BCUT2D eigenvalue weighted by molar-refractivity contribution is -0.137. The Morgan fingerprint density at radius 2 is 2.13 bits per heavy atom. The molecule has 1 saturated carbocycles. The average Bonchev–Trinajstić information content (AvgIpc) is 3.14. The van der Waals surface area contributed by atoms with Crippen molar-refractivity contribution in [3.05, 3.63) is 47.5 Å². The van der Waals surface area contributed by atoms with E-state index in [2.05, 4.69) is 25.8 Å². The first-order valence-corrected chi connectivity index (χ1v) is 7.03. The molecular formula is C14H14F3N5O. The molecule has 0 unspecified atom stereocenters. The maximum Gasteiger partial charge on any atom is 0.416 e. The van der Waals surface area contributed by atoms with Gasteiger partial charge in [0, 0.05) is 6.04 Å². The van der Waals surface area contributed by atoms with E-state index in [-0.39, 0.29) is 17.4 Å². The second kappa shape index (κ2) is 5.90. The lowest BCUT2D eigenvalue weighted by Gasteiger charge is -2.18. The largest absolute Gasteiger partial charge is 0.416 e. The number of nitrogens with zero attached hydrogens (tertiary/aromatic N) is 2. The van der Waals surface area contributed by atoms with E-state index in [4.69, 9.17) is 0 Å². The van der Waals surface area contributed by atoms with Crippen LogP contribution in [0.25, 0.3) is 0 Å². The van der Waals surface area contributed by atoms with Gasteiger partial charge in [-0.15, -0.1) is 0 Å². The van der Waals surface area contributed by atoms with Crippen LogP contribution in [-0.4, -0.2) is 27.3 Å². The third-order valence-electron chi connectivity index (χ3n) is 3.44. The van der Waals surface area contributed by atoms with Crippen LogP contribution in [-0.2, 0) is 6.18 Å². The lowest BCUT2D eigenvalue weighted by atomic mass is 10.0. The number of aromatic amines is 1. The zero-order chi connectivity index (χ0) is 16.4. The normalized spacial score (nSPS) is 16.0. The number of nitrogens with one attached hydrogen (secondary N) is 3. The van der Waals surface area contributed by atoms with Gasteiger partial charge in [-0.3, -0.25) is 5.10 Å². The number of H-pyrrole nitrogens is 1. The van der Waals surface area contributed by atoms with E-state index >= 15 is 0 Å². The number of benzene rings is 1. The van der Waals surface area contributed by atoms with Crippen molar-refractivity contribution in [3.63, 3.8) is 0 Å². The molecule has 6 nitrogen and oxygen atoms in total. The molecule has 1 aliphatic rings. The van der Waals surface area contributed by atoms with Crippen molar-refractivity contribution < 1.29 is 18.0 Å². The first-order chi connectivity index (χ1) is 10.9. The summed E-state index contributed by atoms with van der Waals surface area (Å²) in [5.74, 6) is 0.260. The summed E-state index contributed by atoms with van der Waals surface area (Å²) < 4.78 is 38.6. The molecule has 0 radical (unpaired) electrons. The summed E-state index contributed by atoms with van der Waals surface area (Å²) in [4.78, 5) is 15.9. The number of hydrogen-bond donors (Lipinski definition) is 3. The van der Waals surface area contributed by atoms with Crippen LogP contribution in [0.2, 0.25) is 0 Å². The average molecular weight is 325 g/mol. The van der Waals surface area contributed by atoms with Gasteiger partial charge >= 0.3 is 12.2 Å². The summed E-state index contributed by atoms with van der Waals surface area (Å²) >= 11 is 0. The minimum Gasteiger partial charge on any atom is -0.335 e. The van der Waals surface area contributed by atoms with Crippen molar-refractivity contribution in [1.29, 1.82) is 0 Å². The Hall–Kier alpha value is -2.58. The fourth-order valence-electron chi connectivity index (χ4n) is 2.14. The van der Waals surface area contributed by atoms with E-state index in [1.807, 2.05) is 0 Å². The van der Waals surface area contributed by atoms with Crippen LogP contribution in [0.1, 0.15) is 35.8 Å². The van der Waals surface area contributed by atoms with E-state index in [1.54, 1.807) is 0 Å². The minimum absolute atomic E-state index is 0.131. The molecular weight excluding hydrogens is 311 g/mol. The van der Waals surface area contributed by atoms with E-state index in [1.165, 1.54) is 18.5 Å². The number of hydrogen-bond acceptors (Lipinski definition) is 3. The molecule has 1 aliphatic carbocycles. The van der Waals surface area contributed by atoms with E-state index in [9.17, 15) is 18.0 Å². The maximum absolute atomic E-state index is 12.9. The first kappa shape index (κ1) is 15.3. The third kappa shape index (κ3) is 3.79. The topological polar surface area (TPSA) is 82.7 Å². The zero-order valence-corrected chi connectivity index (χ0v) is 11.9. The van der Waals surface area contributed by atoms with Gasteiger partial charge in [-0.2, -0.15) is 18.3 Å². The summed E-state index contributed by atoms with van der Waals surface area (Å²) in [6.07, 6.45) is -1.41. The quantitative estimate of drug-likeness (QED) is 0.807. The van der Waals surface area contributed by atoms with Gasteiger partial charge in [-0.1, -0.05) is 12.1 Å². The molecule has 1 aromatic carbocycles. The second-order valence-corrected chi connectivity index (χ2v) is 5.32. The summed E-state index contributed by atoms with van der Waals surface area (Å²) in [6.45, 7) is 0. The molecule has 0 spiro atoms. The number of amides is 2. The highest BCUT2D eigenvalue weighted by Gasteiger charge is 2.32. The maximum atomic E-state index is 12.9. The highest BCUT2D eigenvalue weighted by Crippen LogP contribution is 2.31. The molecule has 0 aliphatic heterocycles. The van der Waals surface area contributed by atoms with Crippen molar-refractivity contribution >= 4 is 6.03 Å². The summed E-state index contributed by atoms with van der Waals surface area (Å²) in [5.41, 5.74) is -0.522. The molecule has 3 rings (SSSR count). The number of carbonyl (C=O) groups is 1. The van der Waals surface area contributed by atoms with Gasteiger partial charge in [0.15, 0.2) is 5.82 Å².